The monoisotopic (exact) mass is 454 g/mol. The van der Waals surface area contributed by atoms with E-state index in [0.29, 0.717) is 35.7 Å². The second kappa shape index (κ2) is 7.96. The minimum atomic E-state index is -0.545. The van der Waals surface area contributed by atoms with Crippen molar-refractivity contribution in [3.8, 4) is 22.8 Å². The van der Waals surface area contributed by atoms with Gasteiger partial charge in [-0.1, -0.05) is 0 Å². The predicted molar refractivity (Wildman–Crippen MR) is 117 cm³/mol. The van der Waals surface area contributed by atoms with E-state index < -0.39 is 11.2 Å². The summed E-state index contributed by atoms with van der Waals surface area (Å²) in [4.78, 5) is 49.8. The SMILES string of the molecule is Cn1c(=O)[nH]c(=O)c2[nH]c(CCC(=O)Nc3nc(-c4ccc5c(c4)OCCO5)cs3)nc21. The van der Waals surface area contributed by atoms with Crippen molar-refractivity contribution >= 4 is 33.5 Å². The van der Waals surface area contributed by atoms with Crippen LogP contribution in [-0.2, 0) is 18.3 Å². The number of carbonyl (C=O) groups is 1. The number of nitrogens with one attached hydrogen (secondary N) is 3. The van der Waals surface area contributed by atoms with Gasteiger partial charge in [-0.15, -0.1) is 11.3 Å². The molecule has 11 nitrogen and oxygen atoms in total. The van der Waals surface area contributed by atoms with Gasteiger partial charge in [0.1, 0.15) is 24.6 Å². The summed E-state index contributed by atoms with van der Waals surface area (Å²) >= 11 is 1.32. The Labute approximate surface area is 184 Å². The number of thiazole rings is 1. The Morgan fingerprint density at radius 1 is 1.19 bits per heavy atom. The first-order valence-corrected chi connectivity index (χ1v) is 10.7. The van der Waals surface area contributed by atoms with Crippen LogP contribution < -0.4 is 26.0 Å². The lowest BCUT2D eigenvalue weighted by Gasteiger charge is -2.18. The number of aromatic amines is 2. The number of aromatic nitrogens is 5. The Morgan fingerprint density at radius 2 is 2.00 bits per heavy atom. The number of amides is 1. The smallest absolute Gasteiger partial charge is 0.329 e. The number of H-pyrrole nitrogens is 2. The number of hydrogen-bond donors (Lipinski definition) is 3. The van der Waals surface area contributed by atoms with Gasteiger partial charge in [-0.3, -0.25) is 19.1 Å². The summed E-state index contributed by atoms with van der Waals surface area (Å²) in [6.45, 7) is 1.03. The van der Waals surface area contributed by atoms with E-state index in [4.69, 9.17) is 9.47 Å². The van der Waals surface area contributed by atoms with Crippen molar-refractivity contribution in [2.75, 3.05) is 18.5 Å². The van der Waals surface area contributed by atoms with Crippen LogP contribution in [0.25, 0.3) is 22.4 Å². The zero-order valence-electron chi connectivity index (χ0n) is 16.9. The fraction of sp³-hybridized carbons (Fsp3) is 0.250. The van der Waals surface area contributed by atoms with Crippen LogP contribution in [0.2, 0.25) is 0 Å². The van der Waals surface area contributed by atoms with Gasteiger partial charge in [0.25, 0.3) is 5.56 Å². The lowest BCUT2D eigenvalue weighted by Crippen LogP contribution is -2.28. The van der Waals surface area contributed by atoms with Crippen LogP contribution in [0, 0.1) is 0 Å². The number of rotatable bonds is 5. The molecule has 0 fully saturated rings. The van der Waals surface area contributed by atoms with Gasteiger partial charge in [-0.05, 0) is 18.2 Å². The molecule has 12 heteroatoms. The van der Waals surface area contributed by atoms with Crippen LogP contribution in [-0.4, -0.2) is 43.6 Å². The summed E-state index contributed by atoms with van der Waals surface area (Å²) in [5.41, 5.74) is 0.949. The molecule has 4 aromatic rings. The quantitative estimate of drug-likeness (QED) is 0.414. The van der Waals surface area contributed by atoms with E-state index in [-0.39, 0.29) is 29.9 Å². The van der Waals surface area contributed by atoms with Crippen molar-refractivity contribution in [1.82, 2.24) is 24.5 Å². The van der Waals surface area contributed by atoms with Gasteiger partial charge in [0.05, 0.1) is 5.69 Å². The second-order valence-corrected chi connectivity index (χ2v) is 8.00. The summed E-state index contributed by atoms with van der Waals surface area (Å²) < 4.78 is 12.4. The zero-order chi connectivity index (χ0) is 22.2. The number of anilines is 1. The molecule has 5 rings (SSSR count). The number of benzene rings is 1. The van der Waals surface area contributed by atoms with Crippen molar-refractivity contribution in [2.24, 2.45) is 7.05 Å². The summed E-state index contributed by atoms with van der Waals surface area (Å²) in [5, 5.41) is 5.11. The molecule has 1 aliphatic rings. The lowest BCUT2D eigenvalue weighted by molar-refractivity contribution is -0.116. The molecule has 0 aliphatic carbocycles. The molecule has 3 N–H and O–H groups in total. The maximum atomic E-state index is 12.4. The van der Waals surface area contributed by atoms with E-state index in [1.807, 2.05) is 23.6 Å². The molecule has 0 unspecified atom stereocenters. The predicted octanol–water partition coefficient (Wildman–Crippen LogP) is 1.42. The number of nitrogens with zero attached hydrogens (tertiary/aromatic N) is 3. The van der Waals surface area contributed by atoms with Crippen molar-refractivity contribution in [3.63, 3.8) is 0 Å². The van der Waals surface area contributed by atoms with E-state index in [9.17, 15) is 14.4 Å². The third-order valence-corrected chi connectivity index (χ3v) is 5.74. The molecule has 0 radical (unpaired) electrons. The molecule has 1 aromatic carbocycles. The third kappa shape index (κ3) is 3.75. The van der Waals surface area contributed by atoms with Crippen molar-refractivity contribution < 1.29 is 14.3 Å². The summed E-state index contributed by atoms with van der Waals surface area (Å²) in [7, 11) is 1.51. The molecule has 0 saturated carbocycles. The highest BCUT2D eigenvalue weighted by Gasteiger charge is 2.15. The van der Waals surface area contributed by atoms with E-state index >= 15 is 0 Å². The number of imidazole rings is 1. The van der Waals surface area contributed by atoms with Gasteiger partial charge in [-0.25, -0.2) is 14.8 Å². The topological polar surface area (TPSA) is 144 Å². The highest BCUT2D eigenvalue weighted by atomic mass is 32.1. The van der Waals surface area contributed by atoms with Gasteiger partial charge >= 0.3 is 5.69 Å². The standard InChI is InChI=1S/C20H18N6O5S/c1-26-17-16(18(28)25-20(26)29)22-14(23-17)4-5-15(27)24-19-21-11(9-32-19)10-2-3-12-13(8-10)31-7-6-30-12/h2-3,8-9H,4-7H2,1H3,(H,22,23)(H,21,24,27)(H,25,28,29). The van der Waals surface area contributed by atoms with E-state index in [1.54, 1.807) is 0 Å². The first-order chi connectivity index (χ1) is 15.5. The molecule has 0 bridgehead atoms. The number of aryl methyl sites for hydroxylation is 2. The fourth-order valence-electron chi connectivity index (χ4n) is 3.35. The number of hydrogen-bond acceptors (Lipinski definition) is 8. The average molecular weight is 454 g/mol. The normalized spacial score (nSPS) is 12.8. The van der Waals surface area contributed by atoms with E-state index in [0.717, 1.165) is 11.3 Å². The maximum Gasteiger partial charge on any atom is 0.329 e. The summed E-state index contributed by atoms with van der Waals surface area (Å²) in [6, 6.07) is 5.60. The Bertz CT molecular complexity index is 1450. The zero-order valence-corrected chi connectivity index (χ0v) is 17.7. The van der Waals surface area contributed by atoms with Gasteiger partial charge < -0.3 is 19.8 Å². The fourth-order valence-corrected chi connectivity index (χ4v) is 4.09. The molecular formula is C20H18N6O5S. The number of ether oxygens (including phenoxy) is 2. The highest BCUT2D eigenvalue weighted by Crippen LogP contribution is 2.35. The van der Waals surface area contributed by atoms with Crippen molar-refractivity contribution in [1.29, 1.82) is 0 Å². The van der Waals surface area contributed by atoms with Crippen LogP contribution in [0.15, 0.2) is 33.2 Å². The molecule has 32 heavy (non-hydrogen) atoms. The molecule has 0 spiro atoms. The molecular weight excluding hydrogens is 436 g/mol. The first-order valence-electron chi connectivity index (χ1n) is 9.81. The van der Waals surface area contributed by atoms with Crippen molar-refractivity contribution in [3.05, 3.63) is 50.2 Å². The number of carbonyl (C=O) groups excluding carboxylic acids is 1. The Balaban J connectivity index is 1.25. The van der Waals surface area contributed by atoms with Crippen molar-refractivity contribution in [2.45, 2.75) is 12.8 Å². The molecule has 1 amide bonds. The Morgan fingerprint density at radius 3 is 2.84 bits per heavy atom. The molecule has 3 aromatic heterocycles. The van der Waals surface area contributed by atoms with Crippen LogP contribution >= 0.6 is 11.3 Å². The number of fused-ring (bicyclic) bond motifs is 2. The molecule has 0 saturated heterocycles. The van der Waals surface area contributed by atoms with E-state index in [1.165, 1.54) is 23.0 Å². The second-order valence-electron chi connectivity index (χ2n) is 7.14. The van der Waals surface area contributed by atoms with Crippen LogP contribution in [0.5, 0.6) is 11.5 Å². The molecule has 0 atom stereocenters. The van der Waals surface area contributed by atoms with Gasteiger partial charge in [0, 0.05) is 30.8 Å². The Kier molecular flexibility index (Phi) is 4.98. The van der Waals surface area contributed by atoms with E-state index in [2.05, 4.69) is 25.3 Å². The van der Waals surface area contributed by atoms with Crippen LogP contribution in [0.4, 0.5) is 5.13 Å². The minimum absolute atomic E-state index is 0.130. The minimum Gasteiger partial charge on any atom is -0.486 e. The largest absolute Gasteiger partial charge is 0.486 e. The highest BCUT2D eigenvalue weighted by molar-refractivity contribution is 7.14. The summed E-state index contributed by atoms with van der Waals surface area (Å²) in [5.74, 6) is 1.58. The van der Waals surface area contributed by atoms with Crippen LogP contribution in [0.1, 0.15) is 12.2 Å². The third-order valence-electron chi connectivity index (χ3n) is 4.98. The van der Waals surface area contributed by atoms with Crippen LogP contribution in [0.3, 0.4) is 0 Å². The van der Waals surface area contributed by atoms with Gasteiger partial charge in [-0.2, -0.15) is 0 Å². The molecule has 4 heterocycles. The Hall–Kier alpha value is -3.93. The lowest BCUT2D eigenvalue weighted by atomic mass is 10.1. The molecule has 164 valence electrons. The summed E-state index contributed by atoms with van der Waals surface area (Å²) in [6.07, 6.45) is 0.402. The average Bonchev–Trinajstić information content (AvgIpc) is 3.43. The molecule has 1 aliphatic heterocycles. The maximum absolute atomic E-state index is 12.4. The van der Waals surface area contributed by atoms with Gasteiger partial charge in [0.15, 0.2) is 22.3 Å². The first kappa shape index (κ1) is 20.0. The van der Waals surface area contributed by atoms with Gasteiger partial charge in [0.2, 0.25) is 5.91 Å².